The number of fused-ring (bicyclic) bond motifs is 3. The minimum absolute atomic E-state index is 0.663. The maximum absolute atomic E-state index is 7.13. The number of rotatable bonds is 1. The molecule has 3 heteroatoms. The van der Waals surface area contributed by atoms with Gasteiger partial charge in [-0.15, -0.1) is 0 Å². The fourth-order valence-electron chi connectivity index (χ4n) is 1.97. The van der Waals surface area contributed by atoms with Gasteiger partial charge in [-0.25, -0.2) is 5.53 Å². The molecule has 1 aromatic heterocycles. The van der Waals surface area contributed by atoms with E-state index in [-0.39, 0.29) is 0 Å². The number of pyridine rings is 1. The highest BCUT2D eigenvalue weighted by Crippen LogP contribution is 2.29. The lowest BCUT2D eigenvalue weighted by Crippen LogP contribution is -1.81. The van der Waals surface area contributed by atoms with Gasteiger partial charge in [0.1, 0.15) is 0 Å². The second-order valence-electron chi connectivity index (χ2n) is 3.63. The van der Waals surface area contributed by atoms with E-state index in [4.69, 9.17) is 5.53 Å². The molecule has 0 fully saturated rings. The number of nitrogens with zero attached hydrogens (tertiary/aromatic N) is 2. The third-order valence-electron chi connectivity index (χ3n) is 2.73. The minimum Gasteiger partial charge on any atom is -0.256 e. The predicted molar refractivity (Wildman–Crippen MR) is 64.1 cm³/mol. The highest BCUT2D eigenvalue weighted by Gasteiger charge is 2.03. The van der Waals surface area contributed by atoms with E-state index in [0.29, 0.717) is 5.69 Å². The molecular weight excluding hydrogens is 198 g/mol. The molecule has 0 aliphatic carbocycles. The highest BCUT2D eigenvalue weighted by atomic mass is 15.0. The first-order valence-corrected chi connectivity index (χ1v) is 5.04. The van der Waals surface area contributed by atoms with E-state index in [1.165, 1.54) is 0 Å². The van der Waals surface area contributed by atoms with Crippen LogP contribution in [-0.2, 0) is 0 Å². The van der Waals surface area contributed by atoms with Crippen LogP contribution in [0, 0.1) is 5.53 Å². The van der Waals surface area contributed by atoms with Crippen molar-refractivity contribution in [1.29, 1.82) is 5.53 Å². The highest BCUT2D eigenvalue weighted by molar-refractivity contribution is 6.08. The molecule has 3 nitrogen and oxygen atoms in total. The molecule has 0 atom stereocenters. The molecular formula is C13H9N3. The lowest BCUT2D eigenvalue weighted by Gasteiger charge is -2.04. The Balaban J connectivity index is 2.57. The third kappa shape index (κ3) is 1.18. The normalized spacial score (nSPS) is 10.8. The standard InChI is InChI=1S/C13H9N3/c14-16-13-7-3-5-9-10-4-1-2-6-12(10)15-8-11(9)13/h1-8,14H. The Bertz CT molecular complexity index is 689. The summed E-state index contributed by atoms with van der Waals surface area (Å²) in [6, 6.07) is 13.8. The topological polar surface area (TPSA) is 49.1 Å². The second-order valence-corrected chi connectivity index (χ2v) is 3.63. The summed E-state index contributed by atoms with van der Waals surface area (Å²) in [6.07, 6.45) is 1.78. The van der Waals surface area contributed by atoms with E-state index < -0.39 is 0 Å². The molecule has 0 radical (unpaired) electrons. The summed E-state index contributed by atoms with van der Waals surface area (Å²) in [5, 5.41) is 6.64. The third-order valence-corrected chi connectivity index (χ3v) is 2.73. The van der Waals surface area contributed by atoms with Crippen molar-refractivity contribution in [2.45, 2.75) is 0 Å². The maximum Gasteiger partial charge on any atom is 0.0943 e. The summed E-state index contributed by atoms with van der Waals surface area (Å²) >= 11 is 0. The zero-order valence-corrected chi connectivity index (χ0v) is 8.51. The molecule has 3 rings (SSSR count). The van der Waals surface area contributed by atoms with Gasteiger partial charge >= 0.3 is 0 Å². The number of hydrogen-bond acceptors (Lipinski definition) is 3. The Hall–Kier alpha value is -2.29. The lowest BCUT2D eigenvalue weighted by atomic mass is 10.1. The van der Waals surface area contributed by atoms with Crippen molar-refractivity contribution in [2.24, 2.45) is 5.11 Å². The van der Waals surface area contributed by atoms with Crippen LogP contribution in [0.15, 0.2) is 53.8 Å². The average molecular weight is 207 g/mol. The van der Waals surface area contributed by atoms with Crippen LogP contribution >= 0.6 is 0 Å². The van der Waals surface area contributed by atoms with Crippen molar-refractivity contribution in [3.63, 3.8) is 0 Å². The van der Waals surface area contributed by atoms with Gasteiger partial charge in [-0.3, -0.25) is 4.98 Å². The monoisotopic (exact) mass is 207 g/mol. The molecule has 16 heavy (non-hydrogen) atoms. The first kappa shape index (κ1) is 8.97. The number of nitrogens with one attached hydrogen (secondary N) is 1. The molecule has 0 unspecified atom stereocenters. The smallest absolute Gasteiger partial charge is 0.0943 e. The van der Waals surface area contributed by atoms with E-state index >= 15 is 0 Å². The molecule has 1 N–H and O–H groups in total. The van der Waals surface area contributed by atoms with Gasteiger partial charge < -0.3 is 0 Å². The molecule has 3 aromatic rings. The lowest BCUT2D eigenvalue weighted by molar-refractivity contribution is 1.16. The van der Waals surface area contributed by atoms with E-state index in [1.807, 2.05) is 42.5 Å². The van der Waals surface area contributed by atoms with Crippen molar-refractivity contribution < 1.29 is 0 Å². The quantitative estimate of drug-likeness (QED) is 0.475. The summed E-state index contributed by atoms with van der Waals surface area (Å²) < 4.78 is 0. The fourth-order valence-corrected chi connectivity index (χ4v) is 1.97. The van der Waals surface area contributed by atoms with Gasteiger partial charge in [0.15, 0.2) is 0 Å². The molecule has 76 valence electrons. The predicted octanol–water partition coefficient (Wildman–Crippen LogP) is 4.05. The zero-order chi connectivity index (χ0) is 11.0. The minimum atomic E-state index is 0.663. The Morgan fingerprint density at radius 3 is 2.56 bits per heavy atom. The van der Waals surface area contributed by atoms with Crippen LogP contribution in [-0.4, -0.2) is 4.98 Å². The van der Waals surface area contributed by atoms with E-state index in [9.17, 15) is 0 Å². The number of benzene rings is 2. The van der Waals surface area contributed by atoms with Crippen molar-refractivity contribution >= 4 is 27.4 Å². The average Bonchev–Trinajstić information content (AvgIpc) is 2.37. The second kappa shape index (κ2) is 3.38. The van der Waals surface area contributed by atoms with E-state index in [0.717, 1.165) is 21.7 Å². The molecule has 0 amide bonds. The molecule has 0 aliphatic heterocycles. The van der Waals surface area contributed by atoms with Crippen molar-refractivity contribution in [2.75, 3.05) is 0 Å². The van der Waals surface area contributed by atoms with Gasteiger partial charge in [0.25, 0.3) is 0 Å². The largest absolute Gasteiger partial charge is 0.256 e. The summed E-state index contributed by atoms with van der Waals surface area (Å²) in [5.74, 6) is 0. The van der Waals surface area contributed by atoms with Gasteiger partial charge in [-0.1, -0.05) is 30.3 Å². The van der Waals surface area contributed by atoms with Crippen molar-refractivity contribution in [3.05, 3.63) is 48.7 Å². The molecule has 0 saturated carbocycles. The summed E-state index contributed by atoms with van der Waals surface area (Å²) in [6.45, 7) is 0. The fraction of sp³-hybridized carbons (Fsp3) is 0. The molecule has 0 bridgehead atoms. The zero-order valence-electron chi connectivity index (χ0n) is 8.51. The van der Waals surface area contributed by atoms with Crippen LogP contribution in [0.5, 0.6) is 0 Å². The van der Waals surface area contributed by atoms with E-state index in [2.05, 4.69) is 10.1 Å². The Morgan fingerprint density at radius 2 is 1.69 bits per heavy atom. The van der Waals surface area contributed by atoms with Gasteiger partial charge in [-0.2, -0.15) is 5.11 Å². The van der Waals surface area contributed by atoms with Crippen molar-refractivity contribution in [1.82, 2.24) is 4.98 Å². The van der Waals surface area contributed by atoms with Gasteiger partial charge in [0.05, 0.1) is 11.2 Å². The summed E-state index contributed by atoms with van der Waals surface area (Å²) in [5.41, 5.74) is 8.76. The first-order valence-electron chi connectivity index (χ1n) is 5.04. The van der Waals surface area contributed by atoms with Crippen LogP contribution < -0.4 is 0 Å². The molecule has 0 spiro atoms. The summed E-state index contributed by atoms with van der Waals surface area (Å²) in [4.78, 5) is 4.37. The van der Waals surface area contributed by atoms with E-state index in [1.54, 1.807) is 6.20 Å². The number of para-hydroxylation sites is 1. The molecule has 0 aliphatic rings. The summed E-state index contributed by atoms with van der Waals surface area (Å²) in [7, 11) is 0. The van der Waals surface area contributed by atoms with Gasteiger partial charge in [-0.05, 0) is 17.5 Å². The SMILES string of the molecule is N=Nc1cccc2c1cnc1ccccc12. The number of hydrogen-bond donors (Lipinski definition) is 1. The maximum atomic E-state index is 7.13. The Morgan fingerprint density at radius 1 is 0.875 bits per heavy atom. The van der Waals surface area contributed by atoms with Crippen LogP contribution in [0.1, 0.15) is 0 Å². The Kier molecular flexibility index (Phi) is 1.90. The first-order chi connectivity index (χ1) is 7.90. The molecule has 0 saturated heterocycles. The molecule has 2 aromatic carbocycles. The number of aromatic nitrogens is 1. The van der Waals surface area contributed by atoms with Crippen LogP contribution in [0.4, 0.5) is 5.69 Å². The van der Waals surface area contributed by atoms with Crippen LogP contribution in [0.2, 0.25) is 0 Å². The van der Waals surface area contributed by atoms with Crippen LogP contribution in [0.3, 0.4) is 0 Å². The van der Waals surface area contributed by atoms with Crippen molar-refractivity contribution in [3.8, 4) is 0 Å². The molecule has 1 heterocycles. The Labute approximate surface area is 92.3 Å². The van der Waals surface area contributed by atoms with Gasteiger partial charge in [0, 0.05) is 17.0 Å². The van der Waals surface area contributed by atoms with Gasteiger partial charge in [0.2, 0.25) is 0 Å². The van der Waals surface area contributed by atoms with Crippen LogP contribution in [0.25, 0.3) is 21.7 Å².